The third-order valence-corrected chi connectivity index (χ3v) is 2.36. The number of carboxylic acid groups (broad SMARTS) is 1. The van der Waals surface area contributed by atoms with Crippen LogP contribution in [-0.4, -0.2) is 35.6 Å². The SMILES string of the molecule is C=CCN(CC(=O)O)CC(F)(F)c1ccccc1. The lowest BCUT2D eigenvalue weighted by Crippen LogP contribution is -2.38. The van der Waals surface area contributed by atoms with Gasteiger partial charge in [-0.1, -0.05) is 36.4 Å². The highest BCUT2D eigenvalue weighted by atomic mass is 19.3. The molecule has 0 fully saturated rings. The fourth-order valence-corrected chi connectivity index (χ4v) is 1.61. The van der Waals surface area contributed by atoms with E-state index in [1.165, 1.54) is 30.3 Å². The van der Waals surface area contributed by atoms with Gasteiger partial charge in [0.1, 0.15) is 0 Å². The van der Waals surface area contributed by atoms with Crippen LogP contribution in [0.25, 0.3) is 0 Å². The smallest absolute Gasteiger partial charge is 0.317 e. The second-order valence-corrected chi connectivity index (χ2v) is 3.92. The monoisotopic (exact) mass is 255 g/mol. The summed E-state index contributed by atoms with van der Waals surface area (Å²) < 4.78 is 27.8. The Labute approximate surface area is 104 Å². The molecule has 1 rings (SSSR count). The summed E-state index contributed by atoms with van der Waals surface area (Å²) in [5.41, 5.74) is -0.121. The molecule has 0 aromatic heterocycles. The van der Waals surface area contributed by atoms with Gasteiger partial charge in [0.15, 0.2) is 0 Å². The Bertz CT molecular complexity index is 407. The van der Waals surface area contributed by atoms with Crippen molar-refractivity contribution >= 4 is 5.97 Å². The van der Waals surface area contributed by atoms with E-state index in [1.807, 2.05) is 0 Å². The molecule has 18 heavy (non-hydrogen) atoms. The zero-order chi connectivity index (χ0) is 13.6. The zero-order valence-electron chi connectivity index (χ0n) is 9.85. The van der Waals surface area contributed by atoms with Crippen molar-refractivity contribution in [1.29, 1.82) is 0 Å². The van der Waals surface area contributed by atoms with Crippen molar-refractivity contribution in [2.45, 2.75) is 5.92 Å². The van der Waals surface area contributed by atoms with Crippen LogP contribution < -0.4 is 0 Å². The molecule has 0 amide bonds. The lowest BCUT2D eigenvalue weighted by Gasteiger charge is -2.25. The molecule has 1 aromatic rings. The number of aliphatic carboxylic acids is 1. The van der Waals surface area contributed by atoms with E-state index >= 15 is 0 Å². The molecule has 1 N–H and O–H groups in total. The molecule has 0 atom stereocenters. The van der Waals surface area contributed by atoms with Gasteiger partial charge in [0.25, 0.3) is 5.92 Å². The number of benzene rings is 1. The summed E-state index contributed by atoms with van der Waals surface area (Å²) in [6, 6.07) is 7.36. The summed E-state index contributed by atoms with van der Waals surface area (Å²) in [4.78, 5) is 11.7. The van der Waals surface area contributed by atoms with Crippen molar-refractivity contribution in [3.8, 4) is 0 Å². The maximum Gasteiger partial charge on any atom is 0.317 e. The summed E-state index contributed by atoms with van der Waals surface area (Å²) in [5, 5.41) is 8.66. The molecule has 0 spiro atoms. The van der Waals surface area contributed by atoms with Gasteiger partial charge in [0, 0.05) is 12.1 Å². The minimum Gasteiger partial charge on any atom is -0.480 e. The van der Waals surface area contributed by atoms with Gasteiger partial charge in [-0.25, -0.2) is 0 Å². The molecular weight excluding hydrogens is 240 g/mol. The van der Waals surface area contributed by atoms with E-state index in [1.54, 1.807) is 6.07 Å². The molecule has 5 heteroatoms. The fourth-order valence-electron chi connectivity index (χ4n) is 1.61. The van der Waals surface area contributed by atoms with Crippen LogP contribution in [0, 0.1) is 0 Å². The molecular formula is C13H15F2NO2. The van der Waals surface area contributed by atoms with Gasteiger partial charge in [-0.2, -0.15) is 8.78 Å². The van der Waals surface area contributed by atoms with E-state index in [0.29, 0.717) is 0 Å². The van der Waals surface area contributed by atoms with Gasteiger partial charge in [0.05, 0.1) is 13.1 Å². The minimum absolute atomic E-state index is 0.106. The van der Waals surface area contributed by atoms with E-state index < -0.39 is 25.0 Å². The maximum atomic E-state index is 13.9. The normalized spacial score (nSPS) is 11.5. The van der Waals surface area contributed by atoms with Crippen LogP contribution in [0.4, 0.5) is 8.78 Å². The van der Waals surface area contributed by atoms with E-state index in [2.05, 4.69) is 6.58 Å². The number of rotatable bonds is 7. The second kappa shape index (κ2) is 6.26. The molecule has 0 aliphatic rings. The Morgan fingerprint density at radius 1 is 1.39 bits per heavy atom. The Morgan fingerprint density at radius 3 is 2.50 bits per heavy atom. The average molecular weight is 255 g/mol. The summed E-state index contributed by atoms with van der Waals surface area (Å²) in [7, 11) is 0. The third-order valence-electron chi connectivity index (χ3n) is 2.36. The van der Waals surface area contributed by atoms with Crippen molar-refractivity contribution in [3.05, 3.63) is 48.6 Å². The molecule has 0 aliphatic heterocycles. The number of hydrogen-bond donors (Lipinski definition) is 1. The molecule has 98 valence electrons. The molecule has 0 saturated heterocycles. The minimum atomic E-state index is -3.08. The Hall–Kier alpha value is -1.75. The van der Waals surface area contributed by atoms with E-state index in [4.69, 9.17) is 5.11 Å². The number of halogens is 2. The largest absolute Gasteiger partial charge is 0.480 e. The highest BCUT2D eigenvalue weighted by Gasteiger charge is 2.33. The summed E-state index contributed by atoms with van der Waals surface area (Å²) in [6.45, 7) is 2.46. The van der Waals surface area contributed by atoms with Crippen molar-refractivity contribution in [2.24, 2.45) is 0 Å². The Balaban J connectivity index is 2.78. The van der Waals surface area contributed by atoms with Gasteiger partial charge < -0.3 is 5.11 Å². The molecule has 3 nitrogen and oxygen atoms in total. The first-order chi connectivity index (χ1) is 8.45. The molecule has 0 radical (unpaired) electrons. The van der Waals surface area contributed by atoms with Crippen molar-refractivity contribution in [1.82, 2.24) is 4.90 Å². The zero-order valence-corrected chi connectivity index (χ0v) is 9.85. The first-order valence-electron chi connectivity index (χ1n) is 5.44. The third kappa shape index (κ3) is 4.25. The van der Waals surface area contributed by atoms with Crippen LogP contribution in [0.5, 0.6) is 0 Å². The molecule has 0 saturated carbocycles. The van der Waals surface area contributed by atoms with Gasteiger partial charge in [0.2, 0.25) is 0 Å². The van der Waals surface area contributed by atoms with Crippen LogP contribution >= 0.6 is 0 Å². The fraction of sp³-hybridized carbons (Fsp3) is 0.308. The first-order valence-corrected chi connectivity index (χ1v) is 5.44. The van der Waals surface area contributed by atoms with Gasteiger partial charge in [-0.05, 0) is 0 Å². The molecule has 1 aromatic carbocycles. The molecule has 0 aliphatic carbocycles. The average Bonchev–Trinajstić information content (AvgIpc) is 2.29. The van der Waals surface area contributed by atoms with Crippen molar-refractivity contribution in [2.75, 3.05) is 19.6 Å². The summed E-state index contributed by atoms with van der Waals surface area (Å²) in [5.74, 6) is -4.22. The second-order valence-electron chi connectivity index (χ2n) is 3.92. The van der Waals surface area contributed by atoms with Crippen LogP contribution in [0.2, 0.25) is 0 Å². The predicted molar refractivity (Wildman–Crippen MR) is 64.6 cm³/mol. The van der Waals surface area contributed by atoms with E-state index in [9.17, 15) is 13.6 Å². The quantitative estimate of drug-likeness (QED) is 0.760. The van der Waals surface area contributed by atoms with Crippen LogP contribution in [-0.2, 0) is 10.7 Å². The van der Waals surface area contributed by atoms with Gasteiger partial charge >= 0.3 is 5.97 Å². The number of carbonyl (C=O) groups is 1. The van der Waals surface area contributed by atoms with Gasteiger partial charge in [-0.3, -0.25) is 9.69 Å². The van der Waals surface area contributed by atoms with Crippen LogP contribution in [0.3, 0.4) is 0 Å². The Kier molecular flexibility index (Phi) is 4.97. The predicted octanol–water partition coefficient (Wildman–Crippen LogP) is 2.35. The molecule has 0 bridgehead atoms. The highest BCUT2D eigenvalue weighted by molar-refractivity contribution is 5.69. The van der Waals surface area contributed by atoms with Crippen LogP contribution in [0.1, 0.15) is 5.56 Å². The lowest BCUT2D eigenvalue weighted by atomic mass is 10.1. The standard InChI is InChI=1S/C13H15F2NO2/c1-2-8-16(9-12(17)18)10-13(14,15)11-6-4-3-5-7-11/h2-7H,1,8-10H2,(H,17,18). The molecule has 0 unspecified atom stereocenters. The lowest BCUT2D eigenvalue weighted by molar-refractivity contribution is -0.139. The van der Waals surface area contributed by atoms with E-state index in [-0.39, 0.29) is 12.1 Å². The Morgan fingerprint density at radius 2 is 2.00 bits per heavy atom. The van der Waals surface area contributed by atoms with Crippen molar-refractivity contribution < 1.29 is 18.7 Å². The number of nitrogens with zero attached hydrogens (tertiary/aromatic N) is 1. The summed E-state index contributed by atoms with van der Waals surface area (Å²) in [6.07, 6.45) is 1.41. The van der Waals surface area contributed by atoms with Crippen LogP contribution in [0.15, 0.2) is 43.0 Å². The number of hydrogen-bond acceptors (Lipinski definition) is 2. The van der Waals surface area contributed by atoms with Gasteiger partial charge in [-0.15, -0.1) is 6.58 Å². The maximum absolute atomic E-state index is 13.9. The summed E-state index contributed by atoms with van der Waals surface area (Å²) >= 11 is 0. The first kappa shape index (κ1) is 14.3. The van der Waals surface area contributed by atoms with E-state index in [0.717, 1.165) is 4.90 Å². The number of carboxylic acids is 1. The number of alkyl halides is 2. The molecule has 0 heterocycles. The highest BCUT2D eigenvalue weighted by Crippen LogP contribution is 2.28. The van der Waals surface area contributed by atoms with Crippen molar-refractivity contribution in [3.63, 3.8) is 0 Å². The topological polar surface area (TPSA) is 40.5 Å².